The molecule has 19 heavy (non-hydrogen) atoms. The molecule has 2 rings (SSSR count). The van der Waals surface area contributed by atoms with E-state index in [-0.39, 0.29) is 5.78 Å². The molecule has 1 aliphatic heterocycles. The van der Waals surface area contributed by atoms with Crippen molar-refractivity contribution in [3.63, 3.8) is 0 Å². The number of halogens is 1. The summed E-state index contributed by atoms with van der Waals surface area (Å²) >= 11 is 6.08. The minimum Gasteiger partial charge on any atom is -0.492 e. The highest BCUT2D eigenvalue weighted by atomic mass is 35.5. The van der Waals surface area contributed by atoms with Crippen LogP contribution in [-0.2, 0) is 4.74 Å². The Morgan fingerprint density at radius 1 is 1.42 bits per heavy atom. The smallest absolute Gasteiger partial charge is 0.176 e. The Labute approximate surface area is 118 Å². The Hall–Kier alpha value is -1.10. The van der Waals surface area contributed by atoms with Crippen LogP contribution >= 0.6 is 11.6 Å². The van der Waals surface area contributed by atoms with Crippen molar-refractivity contribution in [2.45, 2.75) is 6.92 Å². The van der Waals surface area contributed by atoms with Gasteiger partial charge in [0.05, 0.1) is 31.4 Å². The highest BCUT2D eigenvalue weighted by Gasteiger charge is 2.16. The number of nitrogens with zero attached hydrogens (tertiary/aromatic N) is 1. The van der Waals surface area contributed by atoms with E-state index in [0.29, 0.717) is 42.7 Å². The van der Waals surface area contributed by atoms with Crippen molar-refractivity contribution in [1.29, 1.82) is 0 Å². The molecule has 1 saturated heterocycles. The summed E-state index contributed by atoms with van der Waals surface area (Å²) in [5.41, 5.74) is 0.625. The first-order valence-corrected chi connectivity index (χ1v) is 6.84. The Morgan fingerprint density at radius 2 is 2.16 bits per heavy atom. The summed E-state index contributed by atoms with van der Waals surface area (Å²) in [7, 11) is 0. The van der Waals surface area contributed by atoms with Gasteiger partial charge in [-0.2, -0.15) is 0 Å². The van der Waals surface area contributed by atoms with Crippen LogP contribution < -0.4 is 4.74 Å². The molecule has 0 amide bonds. The van der Waals surface area contributed by atoms with Crippen LogP contribution in [0.4, 0.5) is 0 Å². The summed E-state index contributed by atoms with van der Waals surface area (Å²) in [5, 5.41) is 0.481. The average molecular weight is 284 g/mol. The lowest BCUT2D eigenvalue weighted by Gasteiger charge is -2.25. The van der Waals surface area contributed by atoms with Crippen LogP contribution in [0.25, 0.3) is 0 Å². The van der Waals surface area contributed by atoms with E-state index in [2.05, 4.69) is 4.90 Å². The molecule has 1 aromatic carbocycles. The third kappa shape index (κ3) is 3.93. The van der Waals surface area contributed by atoms with Crippen molar-refractivity contribution in [3.05, 3.63) is 28.8 Å². The minimum absolute atomic E-state index is 0.0758. The van der Waals surface area contributed by atoms with Gasteiger partial charge in [0.15, 0.2) is 5.78 Å². The number of ketones is 1. The van der Waals surface area contributed by atoms with Crippen molar-refractivity contribution < 1.29 is 14.3 Å². The van der Waals surface area contributed by atoms with Crippen LogP contribution in [0.3, 0.4) is 0 Å². The molecule has 0 spiro atoms. The van der Waals surface area contributed by atoms with E-state index in [1.54, 1.807) is 18.2 Å². The van der Waals surface area contributed by atoms with E-state index in [0.717, 1.165) is 13.1 Å². The number of rotatable bonds is 5. The van der Waals surface area contributed by atoms with E-state index in [9.17, 15) is 4.79 Å². The second-order valence-electron chi connectivity index (χ2n) is 4.39. The molecule has 0 atom stereocenters. The zero-order chi connectivity index (χ0) is 13.7. The lowest BCUT2D eigenvalue weighted by Crippen LogP contribution is -2.39. The van der Waals surface area contributed by atoms with Gasteiger partial charge in [0, 0.05) is 18.7 Å². The van der Waals surface area contributed by atoms with E-state index < -0.39 is 0 Å². The van der Waals surface area contributed by atoms with Gasteiger partial charge < -0.3 is 9.47 Å². The molecule has 1 aliphatic rings. The van der Waals surface area contributed by atoms with E-state index in [1.165, 1.54) is 0 Å². The fraction of sp³-hybridized carbons (Fsp3) is 0.500. The van der Waals surface area contributed by atoms with Gasteiger partial charge in [0.1, 0.15) is 5.75 Å². The summed E-state index contributed by atoms with van der Waals surface area (Å²) < 4.78 is 10.6. The molecule has 0 bridgehead atoms. The lowest BCUT2D eigenvalue weighted by molar-refractivity contribution is 0.0371. The maximum Gasteiger partial charge on any atom is 0.176 e. The molecule has 0 aliphatic carbocycles. The van der Waals surface area contributed by atoms with Gasteiger partial charge in [0.2, 0.25) is 0 Å². The van der Waals surface area contributed by atoms with Gasteiger partial charge in [-0.25, -0.2) is 0 Å². The fourth-order valence-corrected chi connectivity index (χ4v) is 2.24. The first-order chi connectivity index (χ1) is 9.20. The maximum atomic E-state index is 12.2. The van der Waals surface area contributed by atoms with E-state index in [1.807, 2.05) is 6.92 Å². The molecule has 1 fully saturated rings. The number of morpholine rings is 1. The molecule has 0 N–H and O–H groups in total. The Balaban J connectivity index is 2.00. The standard InChI is InChI=1S/C14H18ClNO3/c1-2-19-14-4-3-11(9-12(14)15)13(17)10-16-5-7-18-8-6-16/h3-4,9H,2,5-8,10H2,1H3. The molecule has 0 saturated carbocycles. The van der Waals surface area contributed by atoms with Crippen molar-refractivity contribution in [1.82, 2.24) is 4.90 Å². The Bertz CT molecular complexity index is 444. The second kappa shape index (κ2) is 6.89. The lowest BCUT2D eigenvalue weighted by atomic mass is 10.1. The summed E-state index contributed by atoms with van der Waals surface area (Å²) in [4.78, 5) is 14.2. The SMILES string of the molecule is CCOc1ccc(C(=O)CN2CCOCC2)cc1Cl. The average Bonchev–Trinajstić information content (AvgIpc) is 2.42. The molecular formula is C14H18ClNO3. The maximum absolute atomic E-state index is 12.2. The quantitative estimate of drug-likeness (QED) is 0.777. The van der Waals surface area contributed by atoms with Gasteiger partial charge in [-0.1, -0.05) is 11.6 Å². The van der Waals surface area contributed by atoms with Crippen molar-refractivity contribution in [2.24, 2.45) is 0 Å². The van der Waals surface area contributed by atoms with E-state index >= 15 is 0 Å². The summed E-state index contributed by atoms with van der Waals surface area (Å²) in [6.45, 7) is 5.85. The van der Waals surface area contributed by atoms with Crippen molar-refractivity contribution in [2.75, 3.05) is 39.5 Å². The molecule has 4 nitrogen and oxygen atoms in total. The van der Waals surface area contributed by atoms with Gasteiger partial charge in [-0.05, 0) is 25.1 Å². The minimum atomic E-state index is 0.0758. The molecular weight excluding hydrogens is 266 g/mol. The predicted octanol–water partition coefficient (Wildman–Crippen LogP) is 2.25. The molecule has 104 valence electrons. The number of hydrogen-bond acceptors (Lipinski definition) is 4. The van der Waals surface area contributed by atoms with Crippen molar-refractivity contribution in [3.8, 4) is 5.75 Å². The van der Waals surface area contributed by atoms with Crippen LogP contribution in [0.2, 0.25) is 5.02 Å². The first kappa shape index (κ1) is 14.3. The number of Topliss-reactive ketones (excluding diaryl/α,β-unsaturated/α-hetero) is 1. The third-order valence-corrected chi connectivity index (χ3v) is 3.32. The van der Waals surface area contributed by atoms with Gasteiger partial charge in [0.25, 0.3) is 0 Å². The Kier molecular flexibility index (Phi) is 5.19. The zero-order valence-electron chi connectivity index (χ0n) is 11.0. The van der Waals surface area contributed by atoms with Crippen LogP contribution in [-0.4, -0.2) is 50.1 Å². The first-order valence-electron chi connectivity index (χ1n) is 6.46. The monoisotopic (exact) mass is 283 g/mol. The highest BCUT2D eigenvalue weighted by molar-refractivity contribution is 6.32. The molecule has 1 aromatic rings. The van der Waals surface area contributed by atoms with Crippen LogP contribution in [0.15, 0.2) is 18.2 Å². The second-order valence-corrected chi connectivity index (χ2v) is 4.80. The molecule has 0 aromatic heterocycles. The molecule has 0 radical (unpaired) electrons. The van der Waals surface area contributed by atoms with Crippen LogP contribution in [0, 0.1) is 0 Å². The normalized spacial score (nSPS) is 16.3. The summed E-state index contributed by atoms with van der Waals surface area (Å²) in [6.07, 6.45) is 0. The van der Waals surface area contributed by atoms with Gasteiger partial charge in [-0.15, -0.1) is 0 Å². The summed E-state index contributed by atoms with van der Waals surface area (Å²) in [5.74, 6) is 0.693. The number of hydrogen-bond donors (Lipinski definition) is 0. The largest absolute Gasteiger partial charge is 0.492 e. The predicted molar refractivity (Wildman–Crippen MR) is 74.2 cm³/mol. The van der Waals surface area contributed by atoms with E-state index in [4.69, 9.17) is 21.1 Å². The number of carbonyl (C=O) groups excluding carboxylic acids is 1. The van der Waals surface area contributed by atoms with Gasteiger partial charge >= 0.3 is 0 Å². The Morgan fingerprint density at radius 3 is 2.79 bits per heavy atom. The van der Waals surface area contributed by atoms with Gasteiger partial charge in [-0.3, -0.25) is 9.69 Å². The molecule has 1 heterocycles. The molecule has 5 heteroatoms. The third-order valence-electron chi connectivity index (χ3n) is 3.02. The highest BCUT2D eigenvalue weighted by Crippen LogP contribution is 2.25. The number of ether oxygens (including phenoxy) is 2. The van der Waals surface area contributed by atoms with Crippen LogP contribution in [0.5, 0.6) is 5.75 Å². The zero-order valence-corrected chi connectivity index (χ0v) is 11.8. The van der Waals surface area contributed by atoms with Crippen LogP contribution in [0.1, 0.15) is 17.3 Å². The number of carbonyl (C=O) groups is 1. The number of benzene rings is 1. The summed E-state index contributed by atoms with van der Waals surface area (Å²) in [6, 6.07) is 5.19. The fourth-order valence-electron chi connectivity index (χ4n) is 2.00. The van der Waals surface area contributed by atoms with Crippen molar-refractivity contribution >= 4 is 17.4 Å². The molecule has 0 unspecified atom stereocenters. The topological polar surface area (TPSA) is 38.8 Å².